The van der Waals surface area contributed by atoms with Gasteiger partial charge in [-0.25, -0.2) is 9.97 Å². The number of carbonyl (C=O) groups is 1. The Morgan fingerprint density at radius 1 is 1.28 bits per heavy atom. The van der Waals surface area contributed by atoms with E-state index in [9.17, 15) is 4.79 Å². The molecule has 25 heavy (non-hydrogen) atoms. The van der Waals surface area contributed by atoms with E-state index >= 15 is 0 Å². The summed E-state index contributed by atoms with van der Waals surface area (Å²) >= 11 is 12.0. The zero-order valence-corrected chi connectivity index (χ0v) is 16.4. The Bertz CT molecular complexity index is 692. The van der Waals surface area contributed by atoms with Crippen molar-refractivity contribution in [2.75, 3.05) is 0 Å². The first-order chi connectivity index (χ1) is 11.7. The highest BCUT2D eigenvalue weighted by Gasteiger charge is 2.27. The highest BCUT2D eigenvalue weighted by atomic mass is 35.5. The number of aldehydes is 1. The lowest BCUT2D eigenvalue weighted by atomic mass is 10.1. The van der Waals surface area contributed by atoms with E-state index in [2.05, 4.69) is 9.97 Å². The second-order valence-electron chi connectivity index (χ2n) is 6.11. The average Bonchev–Trinajstić information content (AvgIpc) is 3.13. The molecule has 0 radical (unpaired) electrons. The van der Waals surface area contributed by atoms with Gasteiger partial charge < -0.3 is 19.6 Å². The van der Waals surface area contributed by atoms with Crippen molar-refractivity contribution in [1.82, 2.24) is 14.5 Å². The Labute approximate surface area is 157 Å². The van der Waals surface area contributed by atoms with E-state index in [0.29, 0.717) is 21.3 Å². The maximum atomic E-state index is 10.8. The topological polar surface area (TPSA) is 88.2 Å². The molecule has 6 nitrogen and oxygen atoms in total. The predicted molar refractivity (Wildman–Crippen MR) is 99.9 cm³/mol. The Balaban J connectivity index is 0.000000388. The Hall–Kier alpha value is -1.21. The van der Waals surface area contributed by atoms with Crippen molar-refractivity contribution in [3.63, 3.8) is 0 Å². The fraction of sp³-hybridized carbons (Fsp3) is 0.588. The van der Waals surface area contributed by atoms with Crippen LogP contribution in [-0.2, 0) is 4.79 Å². The van der Waals surface area contributed by atoms with Gasteiger partial charge in [-0.15, -0.1) is 0 Å². The van der Waals surface area contributed by atoms with Crippen LogP contribution in [0.5, 0.6) is 0 Å². The van der Waals surface area contributed by atoms with E-state index in [0.717, 1.165) is 25.5 Å². The van der Waals surface area contributed by atoms with Crippen LogP contribution in [0.15, 0.2) is 12.4 Å². The molecule has 2 aromatic heterocycles. The van der Waals surface area contributed by atoms with Crippen molar-refractivity contribution in [3.05, 3.63) is 22.6 Å². The number of rotatable bonds is 2. The lowest BCUT2D eigenvalue weighted by molar-refractivity contribution is -0.127. The number of fused-ring (bicyclic) bond motifs is 1. The van der Waals surface area contributed by atoms with E-state index in [1.807, 2.05) is 18.4 Å². The molecule has 2 atom stereocenters. The van der Waals surface area contributed by atoms with Gasteiger partial charge in [0.25, 0.3) is 0 Å². The summed E-state index contributed by atoms with van der Waals surface area (Å²) in [4.78, 5) is 19.4. The Kier molecular flexibility index (Phi) is 8.28. The highest BCUT2D eigenvalue weighted by Crippen LogP contribution is 2.36. The number of aliphatic hydroxyl groups is 2. The normalized spacial score (nSPS) is 19.7. The van der Waals surface area contributed by atoms with E-state index in [-0.39, 0.29) is 12.0 Å². The van der Waals surface area contributed by atoms with Crippen LogP contribution in [0.2, 0.25) is 10.2 Å². The van der Waals surface area contributed by atoms with Gasteiger partial charge in [-0.05, 0) is 39.2 Å². The molecule has 140 valence electrons. The third-order valence-electron chi connectivity index (χ3n) is 3.48. The van der Waals surface area contributed by atoms with Crippen LogP contribution in [0, 0.1) is 5.92 Å². The lowest BCUT2D eigenvalue weighted by Crippen LogP contribution is -2.15. The second-order valence-corrected chi connectivity index (χ2v) is 6.90. The Morgan fingerprint density at radius 3 is 2.40 bits per heavy atom. The molecule has 0 saturated heterocycles. The van der Waals surface area contributed by atoms with Gasteiger partial charge in [0.1, 0.15) is 17.0 Å². The molecule has 1 saturated carbocycles. The van der Waals surface area contributed by atoms with Crippen LogP contribution in [-0.4, -0.2) is 36.8 Å². The monoisotopic (exact) mass is 389 g/mol. The number of pyridine rings is 1. The predicted octanol–water partition coefficient (Wildman–Crippen LogP) is 4.01. The molecule has 2 N–H and O–H groups in total. The van der Waals surface area contributed by atoms with Crippen LogP contribution < -0.4 is 0 Å². The standard InChI is InChI=1S/C12H11Cl2N3O.C3H8O2.C2H6/c13-9-4-10(14)16-12-11(9)15-6-17(12)8-2-1-7(3-8)5-18;1-3(2,4)5;1-2/h4-8H,1-3H2;4-5H,1-2H3;1-2H3. The third kappa shape index (κ3) is 6.55. The lowest BCUT2D eigenvalue weighted by Gasteiger charge is -2.11. The van der Waals surface area contributed by atoms with Crippen molar-refractivity contribution in [3.8, 4) is 0 Å². The molecule has 0 aliphatic heterocycles. The molecule has 8 heteroatoms. The van der Waals surface area contributed by atoms with Gasteiger partial charge in [-0.2, -0.15) is 0 Å². The van der Waals surface area contributed by atoms with Gasteiger partial charge in [0.05, 0.1) is 11.3 Å². The molecule has 2 heterocycles. The SMILES string of the molecule is CC.CC(C)(O)O.O=CC1CCC(n2cnc3c(Cl)cc(Cl)nc32)C1. The smallest absolute Gasteiger partial charge is 0.163 e. The van der Waals surface area contributed by atoms with Gasteiger partial charge in [-0.3, -0.25) is 0 Å². The third-order valence-corrected chi connectivity index (χ3v) is 3.97. The zero-order valence-electron chi connectivity index (χ0n) is 14.9. The summed E-state index contributed by atoms with van der Waals surface area (Å²) in [5, 5.41) is 17.0. The minimum atomic E-state index is -1.50. The number of imidazole rings is 1. The van der Waals surface area contributed by atoms with Crippen molar-refractivity contribution in [2.24, 2.45) is 5.92 Å². The fourth-order valence-corrected chi connectivity index (χ4v) is 3.06. The van der Waals surface area contributed by atoms with Crippen LogP contribution in [0.4, 0.5) is 0 Å². The van der Waals surface area contributed by atoms with E-state index < -0.39 is 5.79 Å². The van der Waals surface area contributed by atoms with Gasteiger partial charge in [-0.1, -0.05) is 37.0 Å². The summed E-state index contributed by atoms with van der Waals surface area (Å²) in [6.45, 7) is 6.60. The molecule has 0 bridgehead atoms. The summed E-state index contributed by atoms with van der Waals surface area (Å²) in [7, 11) is 0. The quantitative estimate of drug-likeness (QED) is 0.460. The summed E-state index contributed by atoms with van der Waals surface area (Å²) in [6.07, 6.45) is 5.48. The number of aromatic nitrogens is 3. The van der Waals surface area contributed by atoms with Crippen molar-refractivity contribution < 1.29 is 15.0 Å². The number of halogens is 2. The molecule has 2 unspecified atom stereocenters. The van der Waals surface area contributed by atoms with Crippen molar-refractivity contribution in [1.29, 1.82) is 0 Å². The molecular weight excluding hydrogens is 365 g/mol. The zero-order chi connectivity index (χ0) is 19.2. The molecule has 0 spiro atoms. The number of hydrogen-bond donors (Lipinski definition) is 2. The first kappa shape index (κ1) is 21.8. The average molecular weight is 390 g/mol. The molecular formula is C17H25Cl2N3O3. The maximum absolute atomic E-state index is 10.8. The van der Waals surface area contributed by atoms with Crippen LogP contribution in [0.25, 0.3) is 11.2 Å². The first-order valence-corrected chi connectivity index (χ1v) is 9.03. The van der Waals surface area contributed by atoms with Crippen molar-refractivity contribution >= 4 is 40.7 Å². The van der Waals surface area contributed by atoms with E-state index in [1.165, 1.54) is 13.8 Å². The van der Waals surface area contributed by atoms with Crippen molar-refractivity contribution in [2.45, 2.75) is 58.8 Å². The van der Waals surface area contributed by atoms with E-state index in [4.69, 9.17) is 33.4 Å². The molecule has 1 aliphatic carbocycles. The molecule has 1 aliphatic rings. The largest absolute Gasteiger partial charge is 0.366 e. The number of nitrogens with zero attached hydrogens (tertiary/aromatic N) is 3. The van der Waals surface area contributed by atoms with E-state index in [1.54, 1.807) is 12.4 Å². The first-order valence-electron chi connectivity index (χ1n) is 8.27. The van der Waals surface area contributed by atoms with Gasteiger partial charge in [0.15, 0.2) is 11.4 Å². The summed E-state index contributed by atoms with van der Waals surface area (Å²) < 4.78 is 1.98. The second kappa shape index (κ2) is 9.48. The molecule has 1 fully saturated rings. The maximum Gasteiger partial charge on any atom is 0.163 e. The van der Waals surface area contributed by atoms with Gasteiger partial charge >= 0.3 is 0 Å². The van der Waals surface area contributed by atoms with Crippen LogP contribution in [0.1, 0.15) is 53.0 Å². The number of carbonyl (C=O) groups excluding carboxylic acids is 1. The van der Waals surface area contributed by atoms with Crippen LogP contribution >= 0.6 is 23.2 Å². The minimum absolute atomic E-state index is 0.141. The molecule has 0 amide bonds. The highest BCUT2D eigenvalue weighted by molar-refractivity contribution is 6.37. The fourth-order valence-electron chi connectivity index (χ4n) is 2.58. The summed E-state index contributed by atoms with van der Waals surface area (Å²) in [5.74, 6) is -1.36. The summed E-state index contributed by atoms with van der Waals surface area (Å²) in [6, 6.07) is 1.85. The van der Waals surface area contributed by atoms with Crippen LogP contribution in [0.3, 0.4) is 0 Å². The Morgan fingerprint density at radius 2 is 1.88 bits per heavy atom. The van der Waals surface area contributed by atoms with Gasteiger partial charge in [0.2, 0.25) is 0 Å². The number of hydrogen-bond acceptors (Lipinski definition) is 5. The van der Waals surface area contributed by atoms with Gasteiger partial charge in [0, 0.05) is 12.0 Å². The minimum Gasteiger partial charge on any atom is -0.366 e. The molecule has 0 aromatic carbocycles. The summed E-state index contributed by atoms with van der Waals surface area (Å²) in [5.41, 5.74) is 1.36. The molecule has 3 rings (SSSR count). The molecule has 2 aromatic rings.